The molecule has 0 spiro atoms. The maximum atomic E-state index is 4.66. The van der Waals surface area contributed by atoms with Crippen LogP contribution < -0.4 is 10.6 Å². The molecule has 0 bridgehead atoms. The van der Waals surface area contributed by atoms with Crippen LogP contribution in [0.1, 0.15) is 5.69 Å². The molecule has 2 aliphatic heterocycles. The summed E-state index contributed by atoms with van der Waals surface area (Å²) in [7, 11) is 0. The molecule has 0 radical (unpaired) electrons. The van der Waals surface area contributed by atoms with E-state index in [9.17, 15) is 0 Å². The van der Waals surface area contributed by atoms with E-state index in [0.717, 1.165) is 70.0 Å². The van der Waals surface area contributed by atoms with Gasteiger partial charge in [0.05, 0.1) is 40.8 Å². The number of hydrogen-bond acceptors (Lipinski definition) is 6. The van der Waals surface area contributed by atoms with Gasteiger partial charge in [-0.15, -0.1) is 0 Å². The molecule has 2 atom stereocenters. The normalized spacial score (nSPS) is 20.3. The molecule has 3 N–H and O–H groups in total. The zero-order chi connectivity index (χ0) is 21.5. The molecule has 2 aliphatic rings. The summed E-state index contributed by atoms with van der Waals surface area (Å²) >= 11 is 0. The van der Waals surface area contributed by atoms with E-state index in [-0.39, 0.29) is 0 Å². The lowest BCUT2D eigenvalue weighted by Gasteiger charge is -2.30. The van der Waals surface area contributed by atoms with E-state index in [0.29, 0.717) is 0 Å². The van der Waals surface area contributed by atoms with E-state index in [4.69, 9.17) is 0 Å². The summed E-state index contributed by atoms with van der Waals surface area (Å²) in [5.41, 5.74) is 6.81. The molecule has 32 heavy (non-hydrogen) atoms. The van der Waals surface area contributed by atoms with Gasteiger partial charge in [0.15, 0.2) is 0 Å². The lowest BCUT2D eigenvalue weighted by Crippen LogP contribution is -2.51. The van der Waals surface area contributed by atoms with Crippen molar-refractivity contribution < 1.29 is 0 Å². The third kappa shape index (κ3) is 3.63. The van der Waals surface area contributed by atoms with Gasteiger partial charge in [-0.2, -0.15) is 0 Å². The average Bonchev–Trinajstić information content (AvgIpc) is 3.39. The van der Waals surface area contributed by atoms with Crippen LogP contribution in [0.2, 0.25) is 0 Å². The number of H-pyrrole nitrogens is 1. The summed E-state index contributed by atoms with van der Waals surface area (Å²) in [5.74, 6) is 0.859. The number of aryl methyl sites for hydroxylation is 1. The standard InChI is InChI=1S/C25H27N7/c1-16-3-2-4-22(31-16)25-24(29-15-30-25)17-5-6-21-18(9-17)10-20(12-28-21)26-7-8-32-13-19-11-27-23(19)14-32/h2-6,9-10,12,15,19,23,26-27H,7-8,11,13-14H2,1H3,(H,29,30). The van der Waals surface area contributed by atoms with Crippen LogP contribution >= 0.6 is 0 Å². The van der Waals surface area contributed by atoms with Gasteiger partial charge < -0.3 is 15.6 Å². The Morgan fingerprint density at radius 3 is 2.91 bits per heavy atom. The van der Waals surface area contributed by atoms with Crippen LogP contribution in [-0.4, -0.2) is 63.6 Å². The SMILES string of the molecule is Cc1cccc(-c2[nH]cnc2-c2ccc3ncc(NCCN4CC5CNC5C4)cc3c2)n1. The van der Waals surface area contributed by atoms with Crippen molar-refractivity contribution in [2.24, 2.45) is 5.92 Å². The van der Waals surface area contributed by atoms with Crippen molar-refractivity contribution in [3.63, 3.8) is 0 Å². The summed E-state index contributed by atoms with van der Waals surface area (Å²) < 4.78 is 0. The number of nitrogens with zero attached hydrogens (tertiary/aromatic N) is 4. The van der Waals surface area contributed by atoms with Crippen LogP contribution in [0.25, 0.3) is 33.5 Å². The number of fused-ring (bicyclic) bond motifs is 2. The van der Waals surface area contributed by atoms with E-state index in [2.05, 4.69) is 59.7 Å². The quantitative estimate of drug-likeness (QED) is 0.440. The molecule has 0 aliphatic carbocycles. The minimum absolute atomic E-state index is 0.720. The molecule has 3 aromatic heterocycles. The van der Waals surface area contributed by atoms with Gasteiger partial charge in [-0.25, -0.2) is 4.98 Å². The number of hydrogen-bond donors (Lipinski definition) is 3. The number of rotatable bonds is 6. The molecule has 162 valence electrons. The number of anilines is 1. The first-order valence-corrected chi connectivity index (χ1v) is 11.3. The van der Waals surface area contributed by atoms with Gasteiger partial charge in [0, 0.05) is 61.3 Å². The van der Waals surface area contributed by atoms with E-state index < -0.39 is 0 Å². The first-order chi connectivity index (χ1) is 15.7. The molecule has 4 aromatic rings. The Balaban J connectivity index is 1.21. The predicted octanol–water partition coefficient (Wildman–Crippen LogP) is 3.31. The molecule has 2 saturated heterocycles. The van der Waals surface area contributed by atoms with E-state index in [1.165, 1.54) is 19.6 Å². The zero-order valence-electron chi connectivity index (χ0n) is 18.2. The predicted molar refractivity (Wildman–Crippen MR) is 128 cm³/mol. The van der Waals surface area contributed by atoms with Crippen LogP contribution in [-0.2, 0) is 0 Å². The van der Waals surface area contributed by atoms with Crippen molar-refractivity contribution in [1.29, 1.82) is 0 Å². The van der Waals surface area contributed by atoms with Gasteiger partial charge in [0.25, 0.3) is 0 Å². The Kier molecular flexibility index (Phi) is 4.85. The second-order valence-electron chi connectivity index (χ2n) is 8.88. The number of aromatic amines is 1. The van der Waals surface area contributed by atoms with E-state index in [1.54, 1.807) is 6.33 Å². The number of benzene rings is 1. The molecule has 2 fully saturated rings. The van der Waals surface area contributed by atoms with Gasteiger partial charge in [-0.05, 0) is 37.3 Å². The van der Waals surface area contributed by atoms with Crippen molar-refractivity contribution in [3.8, 4) is 22.6 Å². The highest BCUT2D eigenvalue weighted by Gasteiger charge is 2.38. The van der Waals surface area contributed by atoms with E-state index >= 15 is 0 Å². The molecule has 0 saturated carbocycles. The Bertz CT molecular complexity index is 1250. The highest BCUT2D eigenvalue weighted by molar-refractivity contribution is 5.88. The van der Waals surface area contributed by atoms with Crippen molar-refractivity contribution in [3.05, 3.63) is 60.7 Å². The highest BCUT2D eigenvalue weighted by atomic mass is 15.2. The molecule has 1 aromatic carbocycles. The summed E-state index contributed by atoms with van der Waals surface area (Å²) in [4.78, 5) is 19.7. The topological polar surface area (TPSA) is 81.8 Å². The smallest absolute Gasteiger partial charge is 0.0977 e. The average molecular weight is 426 g/mol. The number of aromatic nitrogens is 4. The van der Waals surface area contributed by atoms with E-state index in [1.807, 2.05) is 31.3 Å². The van der Waals surface area contributed by atoms with Crippen molar-refractivity contribution >= 4 is 16.6 Å². The second-order valence-corrected chi connectivity index (χ2v) is 8.88. The van der Waals surface area contributed by atoms with Gasteiger partial charge in [0.1, 0.15) is 0 Å². The summed E-state index contributed by atoms with van der Waals surface area (Å²) in [6.07, 6.45) is 3.66. The first-order valence-electron chi connectivity index (χ1n) is 11.3. The van der Waals surface area contributed by atoms with Gasteiger partial charge in [0.2, 0.25) is 0 Å². The molecule has 7 nitrogen and oxygen atoms in total. The monoisotopic (exact) mass is 425 g/mol. The maximum Gasteiger partial charge on any atom is 0.0977 e. The summed E-state index contributed by atoms with van der Waals surface area (Å²) in [6.45, 7) is 7.57. The fraction of sp³-hybridized carbons (Fsp3) is 0.320. The molecule has 5 heterocycles. The Morgan fingerprint density at radius 2 is 2.09 bits per heavy atom. The van der Waals surface area contributed by atoms with Crippen molar-refractivity contribution in [2.45, 2.75) is 13.0 Å². The van der Waals surface area contributed by atoms with Crippen LogP contribution in [0, 0.1) is 12.8 Å². The lowest BCUT2D eigenvalue weighted by molar-refractivity contribution is 0.296. The maximum absolute atomic E-state index is 4.66. The van der Waals surface area contributed by atoms with Gasteiger partial charge in [-0.1, -0.05) is 12.1 Å². The molecule has 7 heteroatoms. The zero-order valence-corrected chi connectivity index (χ0v) is 18.2. The lowest BCUT2D eigenvalue weighted by atomic mass is 9.96. The first kappa shape index (κ1) is 19.4. The number of pyridine rings is 2. The molecule has 6 rings (SSSR count). The number of imidazole rings is 1. The minimum atomic E-state index is 0.720. The Hall–Kier alpha value is -3.29. The van der Waals surface area contributed by atoms with Crippen molar-refractivity contribution in [1.82, 2.24) is 30.2 Å². The molecule has 2 unspecified atom stereocenters. The van der Waals surface area contributed by atoms with Crippen molar-refractivity contribution in [2.75, 3.05) is 38.0 Å². The Morgan fingerprint density at radius 1 is 1.12 bits per heavy atom. The number of nitrogens with one attached hydrogen (secondary N) is 3. The summed E-state index contributed by atoms with van der Waals surface area (Å²) in [6, 6.07) is 15.2. The largest absolute Gasteiger partial charge is 0.382 e. The molecule has 0 amide bonds. The highest BCUT2D eigenvalue weighted by Crippen LogP contribution is 2.30. The number of likely N-dealkylation sites (tertiary alicyclic amines) is 1. The minimum Gasteiger partial charge on any atom is -0.382 e. The fourth-order valence-corrected chi connectivity index (χ4v) is 4.85. The van der Waals surface area contributed by atoms with Gasteiger partial charge >= 0.3 is 0 Å². The second kappa shape index (κ2) is 8.00. The van der Waals surface area contributed by atoms with Crippen LogP contribution in [0.15, 0.2) is 55.0 Å². The molecular formula is C25H27N7. The third-order valence-electron chi connectivity index (χ3n) is 6.65. The van der Waals surface area contributed by atoms with Crippen LogP contribution in [0.4, 0.5) is 5.69 Å². The molecular weight excluding hydrogens is 398 g/mol. The third-order valence-corrected chi connectivity index (χ3v) is 6.65. The van der Waals surface area contributed by atoms with Crippen LogP contribution in [0.3, 0.4) is 0 Å². The summed E-state index contributed by atoms with van der Waals surface area (Å²) in [5, 5.41) is 8.17. The van der Waals surface area contributed by atoms with Crippen LogP contribution in [0.5, 0.6) is 0 Å². The van der Waals surface area contributed by atoms with Gasteiger partial charge in [-0.3, -0.25) is 14.9 Å². The fourth-order valence-electron chi connectivity index (χ4n) is 4.85. The Labute approximate surface area is 187 Å².